The fraction of sp³-hybridized carbons (Fsp3) is 0.118. The maximum Gasteiger partial charge on any atom is 0.414 e. The van der Waals surface area contributed by atoms with E-state index in [1.165, 1.54) is 4.90 Å². The van der Waals surface area contributed by atoms with Crippen molar-refractivity contribution in [2.24, 2.45) is 4.40 Å². The topological polar surface area (TPSA) is 76.0 Å². The molecule has 1 heterocycles. The van der Waals surface area contributed by atoms with Crippen molar-refractivity contribution in [3.63, 3.8) is 0 Å². The van der Waals surface area contributed by atoms with Crippen LogP contribution in [0.2, 0.25) is 0 Å². The third-order valence-corrected chi connectivity index (χ3v) is 5.01. The SMILES string of the molecule is CN(C)C(=O)Oc1cccc2c1C(=O)c1cccc3c1C2=NS3=O. The first kappa shape index (κ1) is 14.8. The summed E-state index contributed by atoms with van der Waals surface area (Å²) in [6.45, 7) is 0. The van der Waals surface area contributed by atoms with E-state index in [4.69, 9.17) is 4.74 Å². The van der Waals surface area contributed by atoms with Gasteiger partial charge in [-0.15, -0.1) is 0 Å². The Balaban J connectivity index is 1.94. The first-order chi connectivity index (χ1) is 11.5. The van der Waals surface area contributed by atoms with Crippen LogP contribution in [0.3, 0.4) is 0 Å². The van der Waals surface area contributed by atoms with Gasteiger partial charge in [0, 0.05) is 30.8 Å². The van der Waals surface area contributed by atoms with Crippen molar-refractivity contribution >= 4 is 28.6 Å². The van der Waals surface area contributed by atoms with E-state index in [1.807, 2.05) is 0 Å². The molecular formula is C17H12N2O4S. The fourth-order valence-electron chi connectivity index (χ4n) is 2.84. The van der Waals surface area contributed by atoms with Gasteiger partial charge >= 0.3 is 6.09 Å². The van der Waals surface area contributed by atoms with E-state index in [-0.39, 0.29) is 17.1 Å². The summed E-state index contributed by atoms with van der Waals surface area (Å²) in [4.78, 5) is 26.6. The molecule has 1 aliphatic carbocycles. The average Bonchev–Trinajstić information content (AvgIpc) is 2.90. The summed E-state index contributed by atoms with van der Waals surface area (Å²) in [5, 5.41) is 0. The molecular weight excluding hydrogens is 328 g/mol. The zero-order valence-electron chi connectivity index (χ0n) is 12.9. The summed E-state index contributed by atoms with van der Waals surface area (Å²) in [6.07, 6.45) is -0.576. The Hall–Kier alpha value is -2.80. The quantitative estimate of drug-likeness (QED) is 0.680. The van der Waals surface area contributed by atoms with Gasteiger partial charge in [-0.1, -0.05) is 24.3 Å². The summed E-state index contributed by atoms with van der Waals surface area (Å²) in [7, 11) is 1.60. The van der Waals surface area contributed by atoms with Crippen molar-refractivity contribution in [2.75, 3.05) is 14.1 Å². The third kappa shape index (κ3) is 1.94. The molecule has 0 N–H and O–H groups in total. The van der Waals surface area contributed by atoms with Gasteiger partial charge in [-0.2, -0.15) is 4.40 Å². The number of amides is 1. The lowest BCUT2D eigenvalue weighted by atomic mass is 9.83. The predicted octanol–water partition coefficient (Wildman–Crippen LogP) is 2.17. The maximum absolute atomic E-state index is 13.0. The first-order valence-corrected chi connectivity index (χ1v) is 8.31. The second-order valence-corrected chi connectivity index (χ2v) is 6.76. The van der Waals surface area contributed by atoms with Crippen LogP contribution in [0.15, 0.2) is 45.7 Å². The first-order valence-electron chi connectivity index (χ1n) is 7.20. The van der Waals surface area contributed by atoms with E-state index in [9.17, 15) is 13.8 Å². The van der Waals surface area contributed by atoms with E-state index in [0.717, 1.165) is 0 Å². The normalized spacial score (nSPS) is 17.0. The van der Waals surface area contributed by atoms with E-state index in [0.29, 0.717) is 27.3 Å². The van der Waals surface area contributed by atoms with Crippen LogP contribution in [-0.4, -0.2) is 40.8 Å². The van der Waals surface area contributed by atoms with Crippen LogP contribution in [0.4, 0.5) is 4.79 Å². The molecule has 0 spiro atoms. The van der Waals surface area contributed by atoms with Crippen LogP contribution in [0.1, 0.15) is 27.0 Å². The molecule has 0 fully saturated rings. The molecule has 2 aromatic rings. The Morgan fingerprint density at radius 1 is 1.08 bits per heavy atom. The summed E-state index contributed by atoms with van der Waals surface area (Å²) in [5.74, 6) is -0.0884. The van der Waals surface area contributed by atoms with Gasteiger partial charge in [0.2, 0.25) is 0 Å². The Labute approximate surface area is 140 Å². The number of rotatable bonds is 1. The van der Waals surface area contributed by atoms with Crippen molar-refractivity contribution in [1.29, 1.82) is 0 Å². The highest BCUT2D eigenvalue weighted by atomic mass is 32.2. The van der Waals surface area contributed by atoms with Gasteiger partial charge in [-0.05, 0) is 12.1 Å². The number of fused-ring (bicyclic) bond motifs is 2. The minimum Gasteiger partial charge on any atom is -0.409 e. The largest absolute Gasteiger partial charge is 0.414 e. The lowest BCUT2D eigenvalue weighted by Crippen LogP contribution is -2.27. The second-order valence-electron chi connectivity index (χ2n) is 5.64. The fourth-order valence-corrected chi connectivity index (χ4v) is 3.87. The van der Waals surface area contributed by atoms with Crippen LogP contribution < -0.4 is 4.74 Å². The van der Waals surface area contributed by atoms with Gasteiger partial charge < -0.3 is 9.64 Å². The molecule has 0 bridgehead atoms. The standard InChI is InChI=1S/C17H12N2O4S/c1-19(2)17(21)23-11-7-3-5-9-13(11)16(20)10-6-4-8-12-14(10)15(9)18-24(12)22/h3-8H,1-2H3. The molecule has 0 saturated carbocycles. The molecule has 2 aromatic carbocycles. The number of hydrogen-bond acceptors (Lipinski definition) is 4. The van der Waals surface area contributed by atoms with Crippen LogP contribution in [-0.2, 0) is 11.0 Å². The van der Waals surface area contributed by atoms with Crippen molar-refractivity contribution < 1.29 is 18.5 Å². The maximum atomic E-state index is 13.0. The Morgan fingerprint density at radius 3 is 2.54 bits per heavy atom. The second kappa shape index (κ2) is 5.10. The Morgan fingerprint density at radius 2 is 1.79 bits per heavy atom. The molecule has 0 aromatic heterocycles. The van der Waals surface area contributed by atoms with E-state index in [1.54, 1.807) is 50.5 Å². The van der Waals surface area contributed by atoms with Gasteiger partial charge in [0.25, 0.3) is 0 Å². The molecule has 4 rings (SSSR count). The highest BCUT2D eigenvalue weighted by Gasteiger charge is 2.37. The zero-order valence-corrected chi connectivity index (χ0v) is 13.7. The molecule has 24 heavy (non-hydrogen) atoms. The predicted molar refractivity (Wildman–Crippen MR) is 88.1 cm³/mol. The van der Waals surface area contributed by atoms with Gasteiger partial charge in [0.15, 0.2) is 16.8 Å². The number of nitrogens with zero attached hydrogens (tertiary/aromatic N) is 2. The van der Waals surface area contributed by atoms with Gasteiger partial charge in [-0.3, -0.25) is 4.79 Å². The Bertz CT molecular complexity index is 979. The van der Waals surface area contributed by atoms with Crippen molar-refractivity contribution in [2.45, 2.75) is 4.90 Å². The highest BCUT2D eigenvalue weighted by Crippen LogP contribution is 2.39. The molecule has 2 aliphatic rings. The van der Waals surface area contributed by atoms with Crippen LogP contribution in [0.25, 0.3) is 0 Å². The number of carbonyl (C=O) groups excluding carboxylic acids is 2. The molecule has 6 nitrogen and oxygen atoms in total. The van der Waals surface area contributed by atoms with Gasteiger partial charge in [-0.25, -0.2) is 9.00 Å². The molecule has 1 amide bonds. The zero-order chi connectivity index (χ0) is 17.0. The molecule has 7 heteroatoms. The molecule has 1 atom stereocenters. The van der Waals surface area contributed by atoms with E-state index >= 15 is 0 Å². The van der Waals surface area contributed by atoms with Gasteiger partial charge in [0.05, 0.1) is 16.2 Å². The molecule has 1 unspecified atom stereocenters. The third-order valence-electron chi connectivity index (χ3n) is 3.94. The van der Waals surface area contributed by atoms with Crippen LogP contribution in [0, 0.1) is 0 Å². The molecule has 0 radical (unpaired) electrons. The minimum absolute atomic E-state index is 0.174. The number of ketones is 1. The van der Waals surface area contributed by atoms with E-state index < -0.39 is 17.1 Å². The monoisotopic (exact) mass is 340 g/mol. The van der Waals surface area contributed by atoms with Crippen molar-refractivity contribution in [1.82, 2.24) is 4.90 Å². The number of hydrogen-bond donors (Lipinski definition) is 0. The van der Waals surface area contributed by atoms with Gasteiger partial charge in [0.1, 0.15) is 5.75 Å². The Kier molecular flexibility index (Phi) is 3.14. The number of benzene rings is 2. The van der Waals surface area contributed by atoms with Crippen molar-refractivity contribution in [3.05, 3.63) is 58.7 Å². The summed E-state index contributed by atoms with van der Waals surface area (Å²) in [6, 6.07) is 10.0. The number of ether oxygens (including phenoxy) is 1. The average molecular weight is 340 g/mol. The summed E-state index contributed by atoms with van der Waals surface area (Å²) < 4.78 is 21.7. The molecule has 0 saturated heterocycles. The highest BCUT2D eigenvalue weighted by molar-refractivity contribution is 7.84. The van der Waals surface area contributed by atoms with Crippen molar-refractivity contribution in [3.8, 4) is 5.75 Å². The lowest BCUT2D eigenvalue weighted by Gasteiger charge is -2.21. The lowest BCUT2D eigenvalue weighted by molar-refractivity contribution is 0.103. The molecule has 1 aliphatic heterocycles. The van der Waals surface area contributed by atoms with Crippen LogP contribution >= 0.6 is 0 Å². The number of carbonyl (C=O) groups is 2. The minimum atomic E-state index is -1.53. The summed E-state index contributed by atoms with van der Waals surface area (Å²) >= 11 is 0. The van der Waals surface area contributed by atoms with E-state index in [2.05, 4.69) is 4.40 Å². The smallest absolute Gasteiger partial charge is 0.409 e. The van der Waals surface area contributed by atoms with Crippen LogP contribution in [0.5, 0.6) is 5.75 Å². The summed E-state index contributed by atoms with van der Waals surface area (Å²) in [5.41, 5.74) is 2.36. The molecule has 120 valence electrons.